The summed E-state index contributed by atoms with van der Waals surface area (Å²) in [6, 6.07) is 22.7. The van der Waals surface area contributed by atoms with Gasteiger partial charge in [-0.05, 0) is 46.9 Å². The molecule has 1 atom stereocenters. The minimum Gasteiger partial charge on any atom is -0.493 e. The van der Waals surface area contributed by atoms with Crippen LogP contribution in [-0.2, 0) is 0 Å². The third-order valence-corrected chi connectivity index (χ3v) is 5.36. The van der Waals surface area contributed by atoms with Gasteiger partial charge in [0.1, 0.15) is 0 Å². The number of benzene rings is 3. The highest BCUT2D eigenvalue weighted by molar-refractivity contribution is 5.51. The average Bonchev–Trinajstić information content (AvgIpc) is 2.79. The molecule has 0 aliphatic heterocycles. The molecule has 0 N–H and O–H groups in total. The lowest BCUT2D eigenvalue weighted by molar-refractivity contribution is 0.353. The van der Waals surface area contributed by atoms with Gasteiger partial charge in [0.05, 0.1) is 28.4 Å². The highest BCUT2D eigenvalue weighted by Crippen LogP contribution is 2.43. The zero-order valence-electron chi connectivity index (χ0n) is 17.6. The van der Waals surface area contributed by atoms with Crippen molar-refractivity contribution in [2.24, 2.45) is 0 Å². The zero-order chi connectivity index (χ0) is 20.8. The molecule has 0 spiro atoms. The van der Waals surface area contributed by atoms with Crippen LogP contribution < -0.4 is 18.9 Å². The van der Waals surface area contributed by atoms with E-state index in [2.05, 4.69) is 55.5 Å². The van der Waals surface area contributed by atoms with E-state index in [-0.39, 0.29) is 11.8 Å². The van der Waals surface area contributed by atoms with Gasteiger partial charge in [-0.2, -0.15) is 0 Å². The Balaban J connectivity index is 2.15. The first-order valence-electron chi connectivity index (χ1n) is 9.61. The van der Waals surface area contributed by atoms with Gasteiger partial charge >= 0.3 is 0 Å². The second-order valence-electron chi connectivity index (χ2n) is 6.91. The van der Waals surface area contributed by atoms with Crippen molar-refractivity contribution in [3.63, 3.8) is 0 Å². The van der Waals surface area contributed by atoms with Crippen molar-refractivity contribution in [2.75, 3.05) is 28.4 Å². The maximum atomic E-state index is 5.56. The fourth-order valence-electron chi connectivity index (χ4n) is 3.81. The summed E-state index contributed by atoms with van der Waals surface area (Å²) >= 11 is 0. The van der Waals surface area contributed by atoms with Crippen LogP contribution in [0, 0.1) is 0 Å². The van der Waals surface area contributed by atoms with Gasteiger partial charge in [0.15, 0.2) is 23.0 Å². The molecule has 0 aliphatic rings. The van der Waals surface area contributed by atoms with Gasteiger partial charge in [-0.15, -0.1) is 0 Å². The summed E-state index contributed by atoms with van der Waals surface area (Å²) in [7, 11) is 6.62. The third kappa shape index (κ3) is 4.32. The highest BCUT2D eigenvalue weighted by Gasteiger charge is 2.25. The molecular weight excluding hydrogens is 364 g/mol. The Morgan fingerprint density at radius 1 is 0.517 bits per heavy atom. The topological polar surface area (TPSA) is 36.9 Å². The highest BCUT2D eigenvalue weighted by atomic mass is 16.5. The Hall–Kier alpha value is -3.14. The Morgan fingerprint density at radius 3 is 1.38 bits per heavy atom. The molecule has 4 nitrogen and oxygen atoms in total. The van der Waals surface area contributed by atoms with Crippen LogP contribution in [0.2, 0.25) is 0 Å². The van der Waals surface area contributed by atoms with Gasteiger partial charge in [-0.3, -0.25) is 0 Å². The van der Waals surface area contributed by atoms with Crippen molar-refractivity contribution in [3.05, 3.63) is 83.4 Å². The van der Waals surface area contributed by atoms with E-state index < -0.39 is 0 Å². The minimum atomic E-state index is 0.0945. The molecule has 0 aromatic heterocycles. The molecule has 3 rings (SSSR count). The van der Waals surface area contributed by atoms with Crippen LogP contribution in [0.4, 0.5) is 0 Å². The average molecular weight is 392 g/mol. The van der Waals surface area contributed by atoms with E-state index in [4.69, 9.17) is 18.9 Å². The monoisotopic (exact) mass is 392 g/mol. The molecule has 0 heterocycles. The van der Waals surface area contributed by atoms with E-state index >= 15 is 0 Å². The number of rotatable bonds is 8. The first-order chi connectivity index (χ1) is 14.1. The van der Waals surface area contributed by atoms with Crippen molar-refractivity contribution in [3.8, 4) is 23.0 Å². The third-order valence-electron chi connectivity index (χ3n) is 5.36. The van der Waals surface area contributed by atoms with Gasteiger partial charge in [-0.25, -0.2) is 0 Å². The van der Waals surface area contributed by atoms with Crippen LogP contribution in [-0.4, -0.2) is 28.4 Å². The molecular formula is C25H28O4. The lowest BCUT2D eigenvalue weighted by atomic mass is 9.78. The first kappa shape index (κ1) is 20.6. The van der Waals surface area contributed by atoms with Crippen LogP contribution in [0.5, 0.6) is 23.0 Å². The predicted octanol–water partition coefficient (Wildman–Crippen LogP) is 5.66. The van der Waals surface area contributed by atoms with E-state index in [9.17, 15) is 0 Å². The maximum Gasteiger partial charge on any atom is 0.161 e. The summed E-state index contributed by atoms with van der Waals surface area (Å²) in [6.45, 7) is 2.24. The van der Waals surface area contributed by atoms with Crippen LogP contribution in [0.15, 0.2) is 66.7 Å². The Bertz CT molecular complexity index is 881. The zero-order valence-corrected chi connectivity index (χ0v) is 17.6. The van der Waals surface area contributed by atoms with Gasteiger partial charge in [0.2, 0.25) is 0 Å². The minimum absolute atomic E-state index is 0.0945. The Morgan fingerprint density at radius 2 is 0.966 bits per heavy atom. The second kappa shape index (κ2) is 9.37. The van der Waals surface area contributed by atoms with Crippen LogP contribution in [0.1, 0.15) is 35.4 Å². The SMILES string of the molecule is COc1ccc(C(c2ccc(OC)c(OC)c2)C(C)c2ccccc2)cc1OC. The Kier molecular flexibility index (Phi) is 6.65. The molecule has 0 saturated heterocycles. The summed E-state index contributed by atoms with van der Waals surface area (Å²) in [5, 5.41) is 0. The smallest absolute Gasteiger partial charge is 0.161 e. The van der Waals surface area contributed by atoms with Crippen molar-refractivity contribution in [1.29, 1.82) is 0 Å². The molecule has 0 saturated carbocycles. The van der Waals surface area contributed by atoms with E-state index in [1.807, 2.05) is 18.2 Å². The molecule has 0 aliphatic carbocycles. The summed E-state index contributed by atoms with van der Waals surface area (Å²) < 4.78 is 22.0. The van der Waals surface area contributed by atoms with Gasteiger partial charge in [-0.1, -0.05) is 49.4 Å². The number of ether oxygens (including phenoxy) is 4. The molecule has 0 radical (unpaired) electrons. The molecule has 4 heteroatoms. The fourth-order valence-corrected chi connectivity index (χ4v) is 3.81. The summed E-state index contributed by atoms with van der Waals surface area (Å²) in [6.07, 6.45) is 0. The molecule has 29 heavy (non-hydrogen) atoms. The van der Waals surface area contributed by atoms with Crippen molar-refractivity contribution in [1.82, 2.24) is 0 Å². The van der Waals surface area contributed by atoms with E-state index in [1.54, 1.807) is 28.4 Å². The summed E-state index contributed by atoms with van der Waals surface area (Å²) in [5.74, 6) is 3.19. The van der Waals surface area contributed by atoms with Crippen LogP contribution in [0.3, 0.4) is 0 Å². The van der Waals surface area contributed by atoms with Crippen LogP contribution >= 0.6 is 0 Å². The summed E-state index contributed by atoms with van der Waals surface area (Å²) in [4.78, 5) is 0. The van der Waals surface area contributed by atoms with Crippen molar-refractivity contribution >= 4 is 0 Å². The largest absolute Gasteiger partial charge is 0.493 e. The molecule has 1 unspecified atom stereocenters. The fraction of sp³-hybridized carbons (Fsp3) is 0.280. The second-order valence-corrected chi connectivity index (χ2v) is 6.91. The van der Waals surface area contributed by atoms with Gasteiger partial charge in [0, 0.05) is 5.92 Å². The standard InChI is InChI=1S/C25H28O4/c1-17(18-9-7-6-8-10-18)25(19-11-13-21(26-2)23(15-19)28-4)20-12-14-22(27-3)24(16-20)29-5/h6-17,25H,1-5H3. The quantitative estimate of drug-likeness (QED) is 0.496. The number of hydrogen-bond acceptors (Lipinski definition) is 4. The van der Waals surface area contributed by atoms with E-state index in [0.29, 0.717) is 0 Å². The molecule has 152 valence electrons. The van der Waals surface area contributed by atoms with E-state index in [0.717, 1.165) is 34.1 Å². The molecule has 0 fully saturated rings. The van der Waals surface area contributed by atoms with Crippen molar-refractivity contribution in [2.45, 2.75) is 18.8 Å². The Labute approximate surface area is 173 Å². The molecule has 0 amide bonds. The molecule has 3 aromatic carbocycles. The lowest BCUT2D eigenvalue weighted by Crippen LogP contribution is -2.11. The van der Waals surface area contributed by atoms with Gasteiger partial charge < -0.3 is 18.9 Å². The van der Waals surface area contributed by atoms with Crippen LogP contribution in [0.25, 0.3) is 0 Å². The summed E-state index contributed by atoms with van der Waals surface area (Å²) in [5.41, 5.74) is 3.56. The lowest BCUT2D eigenvalue weighted by Gasteiger charge is -2.27. The van der Waals surface area contributed by atoms with E-state index in [1.165, 1.54) is 5.56 Å². The number of methoxy groups -OCH3 is 4. The normalized spacial score (nSPS) is 11.8. The van der Waals surface area contributed by atoms with Gasteiger partial charge in [0.25, 0.3) is 0 Å². The molecule has 3 aromatic rings. The predicted molar refractivity (Wildman–Crippen MR) is 116 cm³/mol. The maximum absolute atomic E-state index is 5.56. The molecule has 0 bridgehead atoms. The number of hydrogen-bond donors (Lipinski definition) is 0. The van der Waals surface area contributed by atoms with Crippen molar-refractivity contribution < 1.29 is 18.9 Å². The first-order valence-corrected chi connectivity index (χ1v) is 9.61.